The van der Waals surface area contributed by atoms with Gasteiger partial charge in [-0.05, 0) is 25.0 Å². The van der Waals surface area contributed by atoms with E-state index in [1.165, 1.54) is 30.9 Å². The van der Waals surface area contributed by atoms with Crippen LogP contribution in [0.25, 0.3) is 10.3 Å². The van der Waals surface area contributed by atoms with E-state index in [1.54, 1.807) is 11.3 Å². The van der Waals surface area contributed by atoms with Crippen LogP contribution in [0.5, 0.6) is 0 Å². The van der Waals surface area contributed by atoms with Crippen molar-refractivity contribution in [3.63, 3.8) is 0 Å². The van der Waals surface area contributed by atoms with Gasteiger partial charge in [-0.2, -0.15) is 4.98 Å². The highest BCUT2D eigenvalue weighted by Crippen LogP contribution is 2.34. The lowest BCUT2D eigenvalue weighted by Crippen LogP contribution is -2.16. The molecule has 0 unspecified atom stereocenters. The zero-order valence-corrected chi connectivity index (χ0v) is 15.1. The lowest BCUT2D eigenvalue weighted by Gasteiger charge is -2.11. The Morgan fingerprint density at radius 2 is 2.00 bits per heavy atom. The number of thioether (sulfide) groups is 1. The van der Waals surface area contributed by atoms with E-state index in [-0.39, 0.29) is 5.91 Å². The van der Waals surface area contributed by atoms with E-state index in [1.807, 2.05) is 30.3 Å². The number of rotatable bonds is 5. The lowest BCUT2D eigenvalue weighted by atomic mass is 10.3. The maximum absolute atomic E-state index is 12.1. The van der Waals surface area contributed by atoms with Crippen molar-refractivity contribution in [3.05, 3.63) is 36.7 Å². The summed E-state index contributed by atoms with van der Waals surface area (Å²) in [6.45, 7) is 2.10. The lowest BCUT2D eigenvalue weighted by molar-refractivity contribution is -0.113. The second-order valence-corrected chi connectivity index (χ2v) is 7.67. The number of aromatic nitrogens is 3. The molecule has 1 N–H and O–H groups in total. The molecule has 8 heteroatoms. The number of nitrogens with one attached hydrogen (secondary N) is 1. The zero-order valence-electron chi connectivity index (χ0n) is 13.5. The van der Waals surface area contributed by atoms with Gasteiger partial charge in [0, 0.05) is 18.8 Å². The number of thiazole rings is 1. The minimum atomic E-state index is -0.0488. The predicted octanol–water partition coefficient (Wildman–Crippen LogP) is 3.42. The van der Waals surface area contributed by atoms with Crippen LogP contribution in [0.15, 0.2) is 41.7 Å². The summed E-state index contributed by atoms with van der Waals surface area (Å²) in [5, 5.41) is 4.71. The van der Waals surface area contributed by atoms with Crippen molar-refractivity contribution in [1.29, 1.82) is 0 Å². The first-order chi connectivity index (χ1) is 12.3. The fourth-order valence-corrected chi connectivity index (χ4v) is 4.66. The Hall–Kier alpha value is -2.19. The van der Waals surface area contributed by atoms with Gasteiger partial charge < -0.3 is 10.2 Å². The molecule has 0 aliphatic carbocycles. The highest BCUT2D eigenvalue weighted by atomic mass is 32.2. The molecule has 3 aromatic rings. The second kappa shape index (κ2) is 7.37. The predicted molar refractivity (Wildman–Crippen MR) is 102 cm³/mol. The van der Waals surface area contributed by atoms with E-state index in [0.29, 0.717) is 11.4 Å². The normalized spacial score (nSPS) is 14.2. The van der Waals surface area contributed by atoms with Gasteiger partial charge in [-0.25, -0.2) is 9.97 Å². The third-order valence-corrected chi connectivity index (χ3v) is 6.15. The molecule has 1 aromatic carbocycles. The number of nitrogens with zero attached hydrogens (tertiary/aromatic N) is 4. The third kappa shape index (κ3) is 3.74. The molecule has 0 saturated carbocycles. The van der Waals surface area contributed by atoms with Gasteiger partial charge >= 0.3 is 0 Å². The topological polar surface area (TPSA) is 71.0 Å². The number of anilines is 2. The Labute approximate surface area is 153 Å². The molecule has 1 fully saturated rings. The summed E-state index contributed by atoms with van der Waals surface area (Å²) in [5.74, 6) is 0.255. The largest absolute Gasteiger partial charge is 0.348 e. The third-order valence-electron chi connectivity index (χ3n) is 3.92. The van der Waals surface area contributed by atoms with E-state index in [2.05, 4.69) is 25.2 Å². The summed E-state index contributed by atoms with van der Waals surface area (Å²) < 4.78 is 0.960. The number of hydrogen-bond donors (Lipinski definition) is 1. The fourth-order valence-electron chi connectivity index (χ4n) is 2.72. The summed E-state index contributed by atoms with van der Waals surface area (Å²) >= 11 is 3.04. The highest BCUT2D eigenvalue weighted by molar-refractivity contribution is 8.00. The van der Waals surface area contributed by atoms with Gasteiger partial charge in [0.1, 0.15) is 16.1 Å². The van der Waals surface area contributed by atoms with E-state index in [9.17, 15) is 4.79 Å². The quantitative estimate of drug-likeness (QED) is 0.547. The molecule has 1 aliphatic heterocycles. The summed E-state index contributed by atoms with van der Waals surface area (Å²) in [6.07, 6.45) is 3.94. The van der Waals surface area contributed by atoms with Crippen LogP contribution in [0.1, 0.15) is 12.8 Å². The molecule has 0 atom stereocenters. The minimum Gasteiger partial charge on any atom is -0.348 e. The number of fused-ring (bicyclic) bond motifs is 1. The van der Waals surface area contributed by atoms with Crippen LogP contribution in [-0.2, 0) is 4.79 Å². The first kappa shape index (κ1) is 16.3. The first-order valence-corrected chi connectivity index (χ1v) is 9.94. The summed E-state index contributed by atoms with van der Waals surface area (Å²) in [7, 11) is 0. The van der Waals surface area contributed by atoms with E-state index < -0.39 is 0 Å². The van der Waals surface area contributed by atoms with Gasteiger partial charge in [0.2, 0.25) is 5.91 Å². The molecule has 1 saturated heterocycles. The maximum atomic E-state index is 12.1. The SMILES string of the molecule is O=C(CSc1ncnc2nc(N3CCCC3)sc12)Nc1ccccc1. The number of amides is 1. The number of para-hydroxylation sites is 1. The van der Waals surface area contributed by atoms with Crippen LogP contribution in [0.3, 0.4) is 0 Å². The van der Waals surface area contributed by atoms with E-state index in [4.69, 9.17) is 0 Å². The van der Waals surface area contributed by atoms with Crippen molar-refractivity contribution < 1.29 is 4.79 Å². The van der Waals surface area contributed by atoms with Crippen molar-refractivity contribution in [3.8, 4) is 0 Å². The van der Waals surface area contributed by atoms with Crippen LogP contribution in [-0.4, -0.2) is 39.7 Å². The molecular weight excluding hydrogens is 354 g/mol. The van der Waals surface area contributed by atoms with Crippen molar-refractivity contribution in [2.45, 2.75) is 17.9 Å². The number of hydrogen-bond acceptors (Lipinski definition) is 7. The summed E-state index contributed by atoms with van der Waals surface area (Å²) in [6, 6.07) is 9.46. The molecule has 25 heavy (non-hydrogen) atoms. The molecule has 3 heterocycles. The average molecular weight is 371 g/mol. The van der Waals surface area contributed by atoms with Crippen LogP contribution in [0.2, 0.25) is 0 Å². The van der Waals surface area contributed by atoms with Crippen LogP contribution < -0.4 is 10.2 Å². The van der Waals surface area contributed by atoms with E-state index >= 15 is 0 Å². The monoisotopic (exact) mass is 371 g/mol. The van der Waals surface area contributed by atoms with Gasteiger partial charge in [0.25, 0.3) is 0 Å². The average Bonchev–Trinajstić information content (AvgIpc) is 3.30. The molecule has 2 aromatic heterocycles. The molecule has 1 amide bonds. The molecule has 1 aliphatic rings. The standard InChI is InChI=1S/C17H17N5OS2/c23-13(20-12-6-2-1-3-7-12)10-24-16-14-15(18-11-19-16)21-17(25-14)22-8-4-5-9-22/h1-3,6-7,11H,4-5,8-10H2,(H,20,23). The Morgan fingerprint density at radius 3 is 2.80 bits per heavy atom. The van der Waals surface area contributed by atoms with E-state index in [0.717, 1.165) is 33.6 Å². The molecule has 4 rings (SSSR count). The summed E-state index contributed by atoms with van der Waals surface area (Å²) in [4.78, 5) is 27.7. The Bertz CT molecular complexity index is 877. The highest BCUT2D eigenvalue weighted by Gasteiger charge is 2.19. The number of benzene rings is 1. The Morgan fingerprint density at radius 1 is 1.20 bits per heavy atom. The van der Waals surface area contributed by atoms with Crippen molar-refractivity contribution in [2.75, 3.05) is 29.1 Å². The molecule has 0 bridgehead atoms. The minimum absolute atomic E-state index is 0.0488. The molecule has 128 valence electrons. The molecule has 0 spiro atoms. The van der Waals surface area contributed by atoms with Gasteiger partial charge in [-0.3, -0.25) is 4.79 Å². The summed E-state index contributed by atoms with van der Waals surface area (Å²) in [5.41, 5.74) is 1.52. The Kier molecular flexibility index (Phi) is 4.80. The van der Waals surface area contributed by atoms with Gasteiger partial charge in [-0.15, -0.1) is 0 Å². The van der Waals surface area contributed by atoms with Crippen LogP contribution >= 0.6 is 23.1 Å². The van der Waals surface area contributed by atoms with Crippen molar-refractivity contribution >= 4 is 50.2 Å². The van der Waals surface area contributed by atoms with Crippen molar-refractivity contribution in [1.82, 2.24) is 15.0 Å². The number of carbonyl (C=O) groups excluding carboxylic acids is 1. The molecule has 0 radical (unpaired) electrons. The number of carbonyl (C=O) groups is 1. The van der Waals surface area contributed by atoms with Gasteiger partial charge in [-0.1, -0.05) is 41.3 Å². The van der Waals surface area contributed by atoms with Crippen molar-refractivity contribution in [2.24, 2.45) is 0 Å². The van der Waals surface area contributed by atoms with Crippen LogP contribution in [0, 0.1) is 0 Å². The maximum Gasteiger partial charge on any atom is 0.234 e. The Balaban J connectivity index is 1.46. The van der Waals surface area contributed by atoms with Crippen LogP contribution in [0.4, 0.5) is 10.8 Å². The molecular formula is C17H17N5OS2. The smallest absolute Gasteiger partial charge is 0.234 e. The van der Waals surface area contributed by atoms with Gasteiger partial charge in [0.05, 0.1) is 5.75 Å². The second-order valence-electron chi connectivity index (χ2n) is 5.73. The zero-order chi connectivity index (χ0) is 17.1. The first-order valence-electron chi connectivity index (χ1n) is 8.14. The fraction of sp³-hybridized carbons (Fsp3) is 0.294. The van der Waals surface area contributed by atoms with Gasteiger partial charge in [0.15, 0.2) is 10.8 Å². The molecule has 6 nitrogen and oxygen atoms in total.